The second-order valence-corrected chi connectivity index (χ2v) is 3.37. The molecule has 0 atom stereocenters. The SMILES string of the molecule is CCNCC(=O)OC(C)(C)C.[HH]. The van der Waals surface area contributed by atoms with Crippen molar-refractivity contribution in [3.05, 3.63) is 0 Å². The van der Waals surface area contributed by atoms with Crippen LogP contribution in [-0.4, -0.2) is 24.7 Å². The Kier molecular flexibility index (Phi) is 4.11. The average Bonchev–Trinajstić information content (AvgIpc) is 1.79. The van der Waals surface area contributed by atoms with E-state index in [2.05, 4.69) is 5.32 Å². The van der Waals surface area contributed by atoms with Gasteiger partial charge in [0.05, 0.1) is 6.54 Å². The topological polar surface area (TPSA) is 38.3 Å². The highest BCUT2D eigenvalue weighted by atomic mass is 16.6. The molecule has 0 aromatic carbocycles. The van der Waals surface area contributed by atoms with Crippen molar-refractivity contribution >= 4 is 5.97 Å². The minimum Gasteiger partial charge on any atom is -0.459 e. The van der Waals surface area contributed by atoms with Crippen molar-refractivity contribution in [2.45, 2.75) is 33.3 Å². The molecular formula is C8H19NO2. The van der Waals surface area contributed by atoms with Gasteiger partial charge in [-0.05, 0) is 27.3 Å². The molecule has 68 valence electrons. The highest BCUT2D eigenvalue weighted by Gasteiger charge is 2.14. The molecule has 0 radical (unpaired) electrons. The number of hydrogen-bond donors (Lipinski definition) is 1. The summed E-state index contributed by atoms with van der Waals surface area (Å²) < 4.78 is 5.04. The zero-order chi connectivity index (χ0) is 8.91. The fourth-order valence-electron chi connectivity index (χ4n) is 0.605. The Morgan fingerprint density at radius 3 is 2.45 bits per heavy atom. The molecule has 0 aromatic rings. The van der Waals surface area contributed by atoms with Crippen molar-refractivity contribution in [1.82, 2.24) is 5.32 Å². The third-order valence-electron chi connectivity index (χ3n) is 0.939. The van der Waals surface area contributed by atoms with Crippen LogP contribution in [-0.2, 0) is 9.53 Å². The summed E-state index contributed by atoms with van der Waals surface area (Å²) in [7, 11) is 0. The van der Waals surface area contributed by atoms with E-state index in [1.807, 2.05) is 27.7 Å². The van der Waals surface area contributed by atoms with Crippen LogP contribution in [0.15, 0.2) is 0 Å². The summed E-state index contributed by atoms with van der Waals surface area (Å²) in [6.45, 7) is 8.61. The minimum atomic E-state index is -0.369. The Balaban J connectivity index is 0. The van der Waals surface area contributed by atoms with Gasteiger partial charge in [0.2, 0.25) is 0 Å². The molecule has 0 aromatic heterocycles. The van der Waals surface area contributed by atoms with E-state index in [0.29, 0.717) is 6.54 Å². The zero-order valence-electron chi connectivity index (χ0n) is 7.73. The summed E-state index contributed by atoms with van der Waals surface area (Å²) in [6.07, 6.45) is 0. The number of ether oxygens (including phenoxy) is 1. The van der Waals surface area contributed by atoms with E-state index < -0.39 is 0 Å². The lowest BCUT2D eigenvalue weighted by atomic mass is 10.2. The fourth-order valence-corrected chi connectivity index (χ4v) is 0.605. The molecule has 0 saturated carbocycles. The highest BCUT2D eigenvalue weighted by Crippen LogP contribution is 2.05. The smallest absolute Gasteiger partial charge is 0.320 e. The van der Waals surface area contributed by atoms with Crippen molar-refractivity contribution in [1.29, 1.82) is 0 Å². The Morgan fingerprint density at radius 2 is 2.09 bits per heavy atom. The van der Waals surface area contributed by atoms with Crippen molar-refractivity contribution < 1.29 is 11.0 Å². The number of esters is 1. The first kappa shape index (κ1) is 10.4. The molecule has 0 heterocycles. The molecular weight excluding hydrogens is 142 g/mol. The quantitative estimate of drug-likeness (QED) is 0.632. The van der Waals surface area contributed by atoms with Crippen LogP contribution in [0, 0.1) is 0 Å². The first-order chi connectivity index (χ1) is 4.95. The van der Waals surface area contributed by atoms with E-state index in [9.17, 15) is 4.79 Å². The van der Waals surface area contributed by atoms with Crippen molar-refractivity contribution in [2.24, 2.45) is 0 Å². The summed E-state index contributed by atoms with van der Waals surface area (Å²) in [6, 6.07) is 0. The number of likely N-dealkylation sites (N-methyl/N-ethyl adjacent to an activating group) is 1. The van der Waals surface area contributed by atoms with Crippen LogP contribution < -0.4 is 5.32 Å². The van der Waals surface area contributed by atoms with Gasteiger partial charge in [-0.15, -0.1) is 0 Å². The molecule has 0 bridgehead atoms. The normalized spacial score (nSPS) is 11.3. The van der Waals surface area contributed by atoms with Gasteiger partial charge >= 0.3 is 5.97 Å². The molecule has 0 aliphatic carbocycles. The highest BCUT2D eigenvalue weighted by molar-refractivity contribution is 5.72. The van der Waals surface area contributed by atoms with E-state index in [-0.39, 0.29) is 13.0 Å². The molecule has 3 nitrogen and oxygen atoms in total. The average molecular weight is 161 g/mol. The monoisotopic (exact) mass is 161 g/mol. The summed E-state index contributed by atoms with van der Waals surface area (Å²) in [4.78, 5) is 10.9. The van der Waals surface area contributed by atoms with Crippen LogP contribution in [0.1, 0.15) is 29.1 Å². The second-order valence-electron chi connectivity index (χ2n) is 3.37. The van der Waals surface area contributed by atoms with Crippen LogP contribution in [0.2, 0.25) is 0 Å². The maximum absolute atomic E-state index is 10.9. The predicted octanol–water partition coefficient (Wildman–Crippen LogP) is 1.18. The van der Waals surface area contributed by atoms with Crippen LogP contribution in [0.3, 0.4) is 0 Å². The maximum Gasteiger partial charge on any atom is 0.320 e. The standard InChI is InChI=1S/C8H17NO2.H2/c1-5-9-6-7(10)11-8(2,3)4;/h9H,5-6H2,1-4H3;1H. The molecule has 0 spiro atoms. The van der Waals surface area contributed by atoms with Crippen LogP contribution >= 0.6 is 0 Å². The van der Waals surface area contributed by atoms with Gasteiger partial charge in [-0.1, -0.05) is 6.92 Å². The largest absolute Gasteiger partial charge is 0.459 e. The van der Waals surface area contributed by atoms with E-state index in [4.69, 9.17) is 4.74 Å². The van der Waals surface area contributed by atoms with Crippen molar-refractivity contribution in [3.8, 4) is 0 Å². The molecule has 3 heteroatoms. The third-order valence-corrected chi connectivity index (χ3v) is 0.939. The molecule has 0 rings (SSSR count). The summed E-state index contributed by atoms with van der Waals surface area (Å²) >= 11 is 0. The Labute approximate surface area is 69.6 Å². The Morgan fingerprint density at radius 1 is 1.55 bits per heavy atom. The van der Waals surface area contributed by atoms with Gasteiger partial charge < -0.3 is 10.1 Å². The maximum atomic E-state index is 10.9. The number of nitrogens with one attached hydrogen (secondary N) is 1. The first-order valence-corrected chi connectivity index (χ1v) is 3.88. The van der Waals surface area contributed by atoms with Gasteiger partial charge in [-0.3, -0.25) is 4.79 Å². The summed E-state index contributed by atoms with van der Waals surface area (Å²) in [5.41, 5.74) is -0.369. The molecule has 0 fully saturated rings. The Hall–Kier alpha value is -0.570. The molecule has 0 amide bonds. The molecule has 11 heavy (non-hydrogen) atoms. The lowest BCUT2D eigenvalue weighted by Crippen LogP contribution is -2.31. The second kappa shape index (κ2) is 4.34. The minimum absolute atomic E-state index is 0. The van der Waals surface area contributed by atoms with E-state index in [1.54, 1.807) is 0 Å². The lowest BCUT2D eigenvalue weighted by molar-refractivity contribution is -0.153. The number of carbonyl (C=O) groups is 1. The predicted molar refractivity (Wildman–Crippen MR) is 46.5 cm³/mol. The Bertz CT molecular complexity index is 132. The third kappa shape index (κ3) is 7.33. The van der Waals surface area contributed by atoms with Gasteiger partial charge in [-0.2, -0.15) is 0 Å². The van der Waals surface area contributed by atoms with E-state index >= 15 is 0 Å². The van der Waals surface area contributed by atoms with Crippen LogP contribution in [0.5, 0.6) is 0 Å². The number of rotatable bonds is 3. The van der Waals surface area contributed by atoms with E-state index in [1.165, 1.54) is 0 Å². The molecule has 0 aliphatic heterocycles. The summed E-state index contributed by atoms with van der Waals surface area (Å²) in [5, 5.41) is 2.90. The zero-order valence-corrected chi connectivity index (χ0v) is 7.73. The lowest BCUT2D eigenvalue weighted by Gasteiger charge is -2.19. The van der Waals surface area contributed by atoms with Gasteiger partial charge in [-0.25, -0.2) is 0 Å². The molecule has 0 unspecified atom stereocenters. The van der Waals surface area contributed by atoms with Crippen molar-refractivity contribution in [3.63, 3.8) is 0 Å². The van der Waals surface area contributed by atoms with Gasteiger partial charge in [0.25, 0.3) is 0 Å². The van der Waals surface area contributed by atoms with Gasteiger partial charge in [0.1, 0.15) is 5.60 Å². The first-order valence-electron chi connectivity index (χ1n) is 3.88. The van der Waals surface area contributed by atoms with Gasteiger partial charge in [0.15, 0.2) is 0 Å². The van der Waals surface area contributed by atoms with Crippen LogP contribution in [0.4, 0.5) is 0 Å². The van der Waals surface area contributed by atoms with Crippen LogP contribution in [0.25, 0.3) is 0 Å². The number of carbonyl (C=O) groups excluding carboxylic acids is 1. The van der Waals surface area contributed by atoms with Gasteiger partial charge in [0, 0.05) is 1.43 Å². The fraction of sp³-hybridized carbons (Fsp3) is 0.875. The molecule has 0 aliphatic rings. The number of hydrogen-bond acceptors (Lipinski definition) is 3. The molecule has 0 saturated heterocycles. The van der Waals surface area contributed by atoms with E-state index in [0.717, 1.165) is 6.54 Å². The molecule has 1 N–H and O–H groups in total. The summed E-state index contributed by atoms with van der Waals surface area (Å²) in [5.74, 6) is -0.195. The van der Waals surface area contributed by atoms with Crippen molar-refractivity contribution in [2.75, 3.05) is 13.1 Å².